The fraction of sp³-hybridized carbons (Fsp3) is 0.0625. The van der Waals surface area contributed by atoms with Gasteiger partial charge in [0.1, 0.15) is 17.1 Å². The minimum atomic E-state index is -4.40. The number of fused-ring (bicyclic) bond motifs is 3. The third kappa shape index (κ3) is 9.81. The first-order valence-electron chi connectivity index (χ1n) is 20.0. The van der Waals surface area contributed by atoms with Crippen molar-refractivity contribution in [2.75, 3.05) is 0 Å². The van der Waals surface area contributed by atoms with Crippen LogP contribution in [0.4, 0.5) is 13.2 Å². The van der Waals surface area contributed by atoms with Gasteiger partial charge in [-0.1, -0.05) is 24.3 Å². The number of carbonyl (C=O) groups excluding carboxylic acids is 3. The zero-order chi connectivity index (χ0) is 47.4. The number of benzene rings is 2. The molecule has 19 heteroatoms. The molecule has 0 bridgehead atoms. The molecule has 8 aromatic heterocycles. The normalized spacial score (nSPS) is 11.1. The van der Waals surface area contributed by atoms with Crippen LogP contribution in [0, 0.1) is 13.8 Å². The summed E-state index contributed by atoms with van der Waals surface area (Å²) in [5.74, 6) is -1.76. The van der Waals surface area contributed by atoms with Gasteiger partial charge in [0.2, 0.25) is 0 Å². The predicted molar refractivity (Wildman–Crippen MR) is 248 cm³/mol. The van der Waals surface area contributed by atoms with Crippen molar-refractivity contribution >= 4 is 61.8 Å². The number of nitrogens with two attached hydrogens (primary N) is 3. The average molecular weight is 917 g/mol. The number of aryl methyl sites for hydroxylation is 2. The average Bonchev–Trinajstić information content (AvgIpc) is 4.00. The van der Waals surface area contributed by atoms with Crippen LogP contribution in [-0.4, -0.2) is 62.4 Å². The van der Waals surface area contributed by atoms with E-state index in [1.54, 1.807) is 77.5 Å². The lowest BCUT2D eigenvalue weighted by Crippen LogP contribution is -2.12. The number of amides is 3. The van der Waals surface area contributed by atoms with E-state index in [-0.39, 0.29) is 17.1 Å². The van der Waals surface area contributed by atoms with Crippen molar-refractivity contribution in [3.05, 3.63) is 174 Å². The van der Waals surface area contributed by atoms with E-state index >= 15 is 0 Å². The Bertz CT molecular complexity index is 3470. The van der Waals surface area contributed by atoms with Crippen molar-refractivity contribution < 1.29 is 27.6 Å². The van der Waals surface area contributed by atoms with Gasteiger partial charge in [-0.2, -0.15) is 18.3 Å². The van der Waals surface area contributed by atoms with Crippen LogP contribution in [-0.2, 0) is 6.18 Å². The molecular formula is C48H35F3N12O3S. The van der Waals surface area contributed by atoms with E-state index in [4.69, 9.17) is 17.2 Å². The molecular weight excluding hydrogens is 882 g/mol. The second-order valence-electron chi connectivity index (χ2n) is 14.7. The van der Waals surface area contributed by atoms with Crippen LogP contribution in [0.5, 0.6) is 0 Å². The highest BCUT2D eigenvalue weighted by Gasteiger charge is 2.30. The van der Waals surface area contributed by atoms with Crippen LogP contribution in [0.3, 0.4) is 0 Å². The Kier molecular flexibility index (Phi) is 12.5. The molecule has 10 rings (SSSR count). The van der Waals surface area contributed by atoms with Gasteiger partial charge in [0.05, 0.1) is 43.4 Å². The van der Waals surface area contributed by atoms with Crippen molar-refractivity contribution in [3.8, 4) is 38.4 Å². The second-order valence-corrected chi connectivity index (χ2v) is 15.9. The predicted octanol–water partition coefficient (Wildman–Crippen LogP) is 8.46. The molecule has 0 aliphatic heterocycles. The van der Waals surface area contributed by atoms with Gasteiger partial charge in [-0.15, -0.1) is 11.3 Å². The van der Waals surface area contributed by atoms with Crippen molar-refractivity contribution in [2.45, 2.75) is 20.0 Å². The van der Waals surface area contributed by atoms with E-state index in [9.17, 15) is 27.6 Å². The molecule has 0 radical (unpaired) electrons. The van der Waals surface area contributed by atoms with Gasteiger partial charge in [0, 0.05) is 82.4 Å². The van der Waals surface area contributed by atoms with Gasteiger partial charge >= 0.3 is 6.18 Å². The molecule has 15 nitrogen and oxygen atoms in total. The SMILES string of the molecule is Cc1nc(C)c(-c2cncc3ccc(C(N)=O)nc23)s1.NC(=O)c1ccc2cncc(-c3ccc(-n4cccn4)cc3)c2n1.NC(=O)c1ccc2cncc(-c3ccc(C(F)(F)F)cc3)c2n1. The van der Waals surface area contributed by atoms with Gasteiger partial charge in [-0.05, 0) is 91.7 Å². The number of nitrogens with zero attached hydrogens (tertiary/aromatic N) is 9. The molecule has 0 atom stereocenters. The number of primary amides is 3. The number of hydrogen-bond donors (Lipinski definition) is 3. The highest BCUT2D eigenvalue weighted by molar-refractivity contribution is 7.15. The summed E-state index contributed by atoms with van der Waals surface area (Å²) in [6.07, 6.45) is 9.20. The second kappa shape index (κ2) is 18.7. The van der Waals surface area contributed by atoms with Gasteiger partial charge in [-0.25, -0.2) is 24.6 Å². The van der Waals surface area contributed by atoms with E-state index < -0.39 is 29.5 Å². The van der Waals surface area contributed by atoms with Crippen LogP contribution in [0.1, 0.15) is 47.7 Å². The van der Waals surface area contributed by atoms with Gasteiger partial charge in [-0.3, -0.25) is 29.3 Å². The third-order valence-electron chi connectivity index (χ3n) is 10.2. The maximum Gasteiger partial charge on any atom is 0.416 e. The monoisotopic (exact) mass is 916 g/mol. The highest BCUT2D eigenvalue weighted by Crippen LogP contribution is 2.35. The Morgan fingerprint density at radius 1 is 0.552 bits per heavy atom. The number of halogens is 3. The Hall–Kier alpha value is -8.84. The molecule has 0 aliphatic rings. The quantitative estimate of drug-likeness (QED) is 0.137. The van der Waals surface area contributed by atoms with Gasteiger partial charge < -0.3 is 17.2 Å². The van der Waals surface area contributed by atoms with E-state index in [1.165, 1.54) is 24.4 Å². The lowest BCUT2D eigenvalue weighted by atomic mass is 10.0. The summed E-state index contributed by atoms with van der Waals surface area (Å²) in [4.78, 5) is 64.9. The molecule has 3 amide bonds. The van der Waals surface area contributed by atoms with Crippen molar-refractivity contribution in [1.29, 1.82) is 0 Å². The van der Waals surface area contributed by atoms with Crippen molar-refractivity contribution in [2.24, 2.45) is 17.2 Å². The van der Waals surface area contributed by atoms with Crippen LogP contribution >= 0.6 is 11.3 Å². The molecule has 0 aliphatic carbocycles. The molecule has 0 fully saturated rings. The summed E-state index contributed by atoms with van der Waals surface area (Å²) in [5.41, 5.74) is 23.2. The van der Waals surface area contributed by atoms with E-state index in [0.717, 1.165) is 66.4 Å². The minimum Gasteiger partial charge on any atom is -0.364 e. The van der Waals surface area contributed by atoms with Crippen molar-refractivity contribution in [1.82, 2.24) is 44.7 Å². The summed E-state index contributed by atoms with van der Waals surface area (Å²) < 4.78 is 39.7. The maximum absolute atomic E-state index is 12.6. The Labute approximate surface area is 382 Å². The molecule has 8 heterocycles. The summed E-state index contributed by atoms with van der Waals surface area (Å²) in [6.45, 7) is 3.91. The summed E-state index contributed by atoms with van der Waals surface area (Å²) in [7, 11) is 0. The highest BCUT2D eigenvalue weighted by atomic mass is 32.1. The number of pyridine rings is 6. The number of carbonyl (C=O) groups is 3. The van der Waals surface area contributed by atoms with Crippen molar-refractivity contribution in [3.63, 3.8) is 0 Å². The topological polar surface area (TPSA) is 237 Å². The van der Waals surface area contributed by atoms with Crippen LogP contribution in [0.2, 0.25) is 0 Å². The van der Waals surface area contributed by atoms with Gasteiger partial charge in [0.15, 0.2) is 0 Å². The molecule has 10 aromatic rings. The number of hydrogen-bond acceptors (Lipinski definition) is 12. The number of rotatable bonds is 7. The lowest BCUT2D eigenvalue weighted by molar-refractivity contribution is -0.137. The van der Waals surface area contributed by atoms with Crippen LogP contribution in [0.25, 0.3) is 71.1 Å². The Morgan fingerprint density at radius 2 is 0.985 bits per heavy atom. The number of alkyl halides is 3. The standard InChI is InChI=1S/C18H13N5O.C16H10F3N3O.C14H12N4OS/c19-18(24)16-7-4-13-10-20-11-15(17(13)22-16)12-2-5-14(6-3-12)23-9-1-8-21-23;17-16(18,19)11-4-1-9(2-5-11)12-8-21-7-10-3-6-13(15(20)23)22-14(10)12;1-7-13(20-8(2)17-7)10-6-16-5-9-3-4-11(14(15)19)18-12(9)10/h1-11H,(H2,19,24);1-8H,(H2,20,23);3-6H,1-2H3,(H2,15,19). The molecule has 6 N–H and O–H groups in total. The summed E-state index contributed by atoms with van der Waals surface area (Å²) in [5, 5.41) is 7.59. The first-order chi connectivity index (χ1) is 32.1. The van der Waals surface area contributed by atoms with Crippen LogP contribution < -0.4 is 17.2 Å². The molecule has 0 saturated heterocycles. The summed E-state index contributed by atoms with van der Waals surface area (Å²) >= 11 is 1.59. The first-order valence-corrected chi connectivity index (χ1v) is 20.8. The molecule has 0 saturated carbocycles. The maximum atomic E-state index is 12.6. The van der Waals surface area contributed by atoms with E-state index in [2.05, 4.69) is 40.0 Å². The molecule has 0 unspecified atom stereocenters. The fourth-order valence-electron chi connectivity index (χ4n) is 6.96. The smallest absolute Gasteiger partial charge is 0.364 e. The van der Waals surface area contributed by atoms with Crippen LogP contribution in [0.15, 0.2) is 141 Å². The third-order valence-corrected chi connectivity index (χ3v) is 11.3. The molecule has 67 heavy (non-hydrogen) atoms. The van der Waals surface area contributed by atoms with E-state index in [0.29, 0.717) is 27.5 Å². The Morgan fingerprint density at radius 3 is 1.37 bits per heavy atom. The molecule has 2 aromatic carbocycles. The molecule has 0 spiro atoms. The summed E-state index contributed by atoms with van der Waals surface area (Å²) in [6, 6.07) is 24.4. The Balaban J connectivity index is 0.000000137. The van der Waals surface area contributed by atoms with E-state index in [1.807, 2.05) is 56.4 Å². The number of aromatic nitrogens is 9. The first kappa shape index (κ1) is 44.8. The number of thiazole rings is 1. The minimum absolute atomic E-state index is 0.0804. The zero-order valence-corrected chi connectivity index (χ0v) is 36.1. The fourth-order valence-corrected chi connectivity index (χ4v) is 7.90. The van der Waals surface area contributed by atoms with Gasteiger partial charge in [0.25, 0.3) is 17.7 Å². The molecule has 332 valence electrons. The lowest BCUT2D eigenvalue weighted by Gasteiger charge is -2.09. The largest absolute Gasteiger partial charge is 0.416 e. The zero-order valence-electron chi connectivity index (χ0n) is 35.3.